The minimum atomic E-state index is -0.902. The monoisotopic (exact) mass is 628 g/mol. The summed E-state index contributed by atoms with van der Waals surface area (Å²) in [5, 5.41) is 9.31. The number of aryl methyl sites for hydroxylation is 4. The molecule has 0 fully saturated rings. The second kappa shape index (κ2) is 13.0. The normalized spacial score (nSPS) is 10.7. The molecule has 0 saturated heterocycles. The summed E-state index contributed by atoms with van der Waals surface area (Å²) in [4.78, 5) is 36.9. The average Bonchev–Trinajstić information content (AvgIpc) is 2.87. The molecular weight excluding hydrogens is 599 g/mol. The lowest BCUT2D eigenvalue weighted by Crippen LogP contribution is -2.32. The Kier molecular flexibility index (Phi) is 9.83. The predicted molar refractivity (Wildman–Crippen MR) is 156 cm³/mol. The molecule has 0 heterocycles. The van der Waals surface area contributed by atoms with Gasteiger partial charge in [-0.15, -0.1) is 0 Å². The number of anilines is 2. The van der Waals surface area contributed by atoms with Gasteiger partial charge in [0.25, 0.3) is 5.91 Å². The van der Waals surface area contributed by atoms with Crippen molar-refractivity contribution in [1.82, 2.24) is 5.43 Å². The number of ether oxygens (including phenoxy) is 2. The number of methoxy groups -OCH3 is 1. The third kappa shape index (κ3) is 7.54. The Hall–Kier alpha value is -3.93. The van der Waals surface area contributed by atoms with E-state index in [-0.39, 0.29) is 12.5 Å². The van der Waals surface area contributed by atoms with E-state index in [2.05, 4.69) is 43.8 Å². The van der Waals surface area contributed by atoms with Crippen LogP contribution in [0.15, 0.2) is 53.6 Å². The molecule has 0 spiro atoms. The van der Waals surface area contributed by atoms with Gasteiger partial charge in [0.15, 0.2) is 18.1 Å². The van der Waals surface area contributed by atoms with Crippen LogP contribution in [0.2, 0.25) is 0 Å². The van der Waals surface area contributed by atoms with Crippen LogP contribution in [0.1, 0.15) is 27.8 Å². The molecule has 0 aliphatic heterocycles. The van der Waals surface area contributed by atoms with Crippen LogP contribution in [0.3, 0.4) is 0 Å². The molecule has 0 bridgehead atoms. The predicted octanol–water partition coefficient (Wildman–Crippen LogP) is 4.64. The van der Waals surface area contributed by atoms with Crippen molar-refractivity contribution in [3.05, 3.63) is 79.9 Å². The molecule has 0 atom stereocenters. The van der Waals surface area contributed by atoms with Gasteiger partial charge in [-0.2, -0.15) is 5.10 Å². The molecule has 3 rings (SSSR count). The van der Waals surface area contributed by atoms with E-state index in [4.69, 9.17) is 9.47 Å². The van der Waals surface area contributed by atoms with E-state index >= 15 is 0 Å². The number of nitrogens with one attached hydrogen (secondary N) is 3. The maximum absolute atomic E-state index is 12.4. The fourth-order valence-corrected chi connectivity index (χ4v) is 4.29. The van der Waals surface area contributed by atoms with Crippen molar-refractivity contribution in [2.45, 2.75) is 27.7 Å². The van der Waals surface area contributed by atoms with Gasteiger partial charge < -0.3 is 20.1 Å². The number of hydrogen-bond donors (Lipinski definition) is 3. The van der Waals surface area contributed by atoms with Crippen LogP contribution in [0.4, 0.5) is 11.4 Å². The molecule has 0 radical (unpaired) electrons. The number of hydrogen-bond acceptors (Lipinski definition) is 6. The van der Waals surface area contributed by atoms with E-state index in [0.717, 1.165) is 22.3 Å². The summed E-state index contributed by atoms with van der Waals surface area (Å²) in [7, 11) is 1.48. The number of halogens is 1. The topological polar surface area (TPSA) is 118 Å². The van der Waals surface area contributed by atoms with Crippen molar-refractivity contribution < 1.29 is 23.9 Å². The molecule has 0 aliphatic carbocycles. The van der Waals surface area contributed by atoms with E-state index in [1.807, 2.05) is 64.1 Å². The Morgan fingerprint density at radius 3 is 2.26 bits per heavy atom. The fourth-order valence-electron chi connectivity index (χ4n) is 3.51. The van der Waals surface area contributed by atoms with Gasteiger partial charge in [0.05, 0.1) is 16.9 Å². The molecule has 3 amide bonds. The van der Waals surface area contributed by atoms with Crippen LogP contribution in [0.25, 0.3) is 0 Å². The summed E-state index contributed by atoms with van der Waals surface area (Å²) in [6, 6.07) is 14.6. The Balaban J connectivity index is 1.60. The Morgan fingerprint density at radius 2 is 1.61 bits per heavy atom. The zero-order valence-electron chi connectivity index (χ0n) is 21.8. The summed E-state index contributed by atoms with van der Waals surface area (Å²) >= 11 is 2.06. The van der Waals surface area contributed by atoms with Crippen LogP contribution in [-0.4, -0.2) is 37.7 Å². The maximum atomic E-state index is 12.4. The summed E-state index contributed by atoms with van der Waals surface area (Å²) in [6.45, 7) is 7.46. The summed E-state index contributed by atoms with van der Waals surface area (Å²) in [5.74, 6) is -1.25. The fraction of sp³-hybridized carbons (Fsp3) is 0.214. The van der Waals surface area contributed by atoms with Gasteiger partial charge in [0.1, 0.15) is 0 Å². The van der Waals surface area contributed by atoms with Gasteiger partial charge in [-0.3, -0.25) is 14.4 Å². The number of para-hydroxylation sites is 1. The molecule has 198 valence electrons. The van der Waals surface area contributed by atoms with Gasteiger partial charge in [0.2, 0.25) is 0 Å². The molecule has 3 aromatic carbocycles. The van der Waals surface area contributed by atoms with E-state index in [9.17, 15) is 14.4 Å². The molecule has 0 saturated carbocycles. The lowest BCUT2D eigenvalue weighted by atomic mass is 10.1. The second-order valence-electron chi connectivity index (χ2n) is 8.59. The zero-order chi connectivity index (χ0) is 27.8. The minimum Gasteiger partial charge on any atom is -0.493 e. The average molecular weight is 628 g/mol. The number of rotatable bonds is 8. The Labute approximate surface area is 235 Å². The van der Waals surface area contributed by atoms with Crippen LogP contribution >= 0.6 is 22.6 Å². The van der Waals surface area contributed by atoms with Crippen molar-refractivity contribution in [3.63, 3.8) is 0 Å². The van der Waals surface area contributed by atoms with E-state index in [0.29, 0.717) is 32.0 Å². The highest BCUT2D eigenvalue weighted by Crippen LogP contribution is 2.33. The third-order valence-electron chi connectivity index (χ3n) is 5.70. The quantitative estimate of drug-likeness (QED) is 0.146. The number of nitrogens with zero attached hydrogens (tertiary/aromatic N) is 1. The molecular formula is C28H29IN4O5. The standard InChI is InChI=1S/C28H29IN4O5/c1-16-9-10-21(11-19(16)4)31-24(34)15-38-26-22(29)12-20(13-23(26)37-5)14-30-33-28(36)27(35)32-25-17(2)7-6-8-18(25)3/h6-14H,15H2,1-5H3,(H,31,34)(H,32,35)(H,33,36)/b30-14-. The molecule has 0 aliphatic rings. The van der Waals surface area contributed by atoms with Crippen LogP contribution in [-0.2, 0) is 14.4 Å². The van der Waals surface area contributed by atoms with Gasteiger partial charge in [0, 0.05) is 11.4 Å². The summed E-state index contributed by atoms with van der Waals surface area (Å²) < 4.78 is 11.8. The molecule has 3 N–H and O–H groups in total. The third-order valence-corrected chi connectivity index (χ3v) is 6.50. The SMILES string of the molecule is COc1cc(/C=N\NC(=O)C(=O)Nc2c(C)cccc2C)cc(I)c1OCC(=O)Nc1ccc(C)c(C)c1. The van der Waals surface area contributed by atoms with E-state index in [1.165, 1.54) is 13.3 Å². The highest BCUT2D eigenvalue weighted by Gasteiger charge is 2.16. The van der Waals surface area contributed by atoms with Gasteiger partial charge in [-0.05, 0) is 102 Å². The second-order valence-corrected chi connectivity index (χ2v) is 9.75. The first-order valence-electron chi connectivity index (χ1n) is 11.7. The zero-order valence-corrected chi connectivity index (χ0v) is 23.9. The highest BCUT2D eigenvalue weighted by atomic mass is 127. The van der Waals surface area contributed by atoms with Crippen molar-refractivity contribution in [2.75, 3.05) is 24.4 Å². The lowest BCUT2D eigenvalue weighted by molar-refractivity contribution is -0.136. The van der Waals surface area contributed by atoms with Crippen molar-refractivity contribution in [1.29, 1.82) is 0 Å². The molecule has 3 aromatic rings. The van der Waals surface area contributed by atoms with Crippen LogP contribution < -0.4 is 25.5 Å². The molecule has 0 aromatic heterocycles. The first-order chi connectivity index (χ1) is 18.1. The van der Waals surface area contributed by atoms with E-state index < -0.39 is 11.8 Å². The van der Waals surface area contributed by atoms with Gasteiger partial charge >= 0.3 is 11.8 Å². The van der Waals surface area contributed by atoms with E-state index in [1.54, 1.807) is 12.1 Å². The molecule has 0 unspecified atom stereocenters. The van der Waals surface area contributed by atoms with Crippen molar-refractivity contribution in [2.24, 2.45) is 5.10 Å². The highest BCUT2D eigenvalue weighted by molar-refractivity contribution is 14.1. The largest absolute Gasteiger partial charge is 0.493 e. The number of carbonyl (C=O) groups excluding carboxylic acids is 3. The molecule has 38 heavy (non-hydrogen) atoms. The Bertz CT molecular complexity index is 1380. The smallest absolute Gasteiger partial charge is 0.329 e. The van der Waals surface area contributed by atoms with Crippen LogP contribution in [0, 0.1) is 31.3 Å². The van der Waals surface area contributed by atoms with Gasteiger partial charge in [-0.1, -0.05) is 24.3 Å². The molecule has 9 nitrogen and oxygen atoms in total. The van der Waals surface area contributed by atoms with Crippen molar-refractivity contribution in [3.8, 4) is 11.5 Å². The van der Waals surface area contributed by atoms with Crippen LogP contribution in [0.5, 0.6) is 11.5 Å². The number of amides is 3. The van der Waals surface area contributed by atoms with Crippen molar-refractivity contribution >= 4 is 57.9 Å². The number of carbonyl (C=O) groups is 3. The number of hydrazone groups is 1. The summed E-state index contributed by atoms with van der Waals surface area (Å²) in [6.07, 6.45) is 1.38. The Morgan fingerprint density at radius 1 is 0.895 bits per heavy atom. The first kappa shape index (κ1) is 28.6. The maximum Gasteiger partial charge on any atom is 0.329 e. The first-order valence-corrected chi connectivity index (χ1v) is 12.7. The van der Waals surface area contributed by atoms with Gasteiger partial charge in [-0.25, -0.2) is 5.43 Å². The summed E-state index contributed by atoms with van der Waals surface area (Å²) in [5.41, 5.74) is 8.02. The minimum absolute atomic E-state index is 0.210. The lowest BCUT2D eigenvalue weighted by Gasteiger charge is -2.14. The molecule has 10 heteroatoms. The number of benzene rings is 3.